The molecule has 0 saturated carbocycles. The van der Waals surface area contributed by atoms with Crippen molar-refractivity contribution in [2.45, 2.75) is 135 Å². The van der Waals surface area contributed by atoms with Crippen LogP contribution in [-0.2, 0) is 19.1 Å². The van der Waals surface area contributed by atoms with Gasteiger partial charge < -0.3 is 29.9 Å². The van der Waals surface area contributed by atoms with Crippen LogP contribution in [0, 0.1) is 0 Å². The zero-order valence-corrected chi connectivity index (χ0v) is 20.1. The lowest BCUT2D eigenvalue weighted by molar-refractivity contribution is -0.305. The van der Waals surface area contributed by atoms with Crippen LogP contribution in [0.15, 0.2) is 0 Å². The molecule has 0 bridgehead atoms. The Bertz CT molecular complexity index is 485. The van der Waals surface area contributed by atoms with Crippen molar-refractivity contribution < 1.29 is 39.5 Å². The quantitative estimate of drug-likeness (QED) is 0.115. The zero-order chi connectivity index (χ0) is 24.2. The molecule has 3 unspecified atom stereocenters. The van der Waals surface area contributed by atoms with Gasteiger partial charge >= 0.3 is 11.9 Å². The van der Waals surface area contributed by atoms with Crippen molar-refractivity contribution in [1.29, 1.82) is 0 Å². The highest BCUT2D eigenvalue weighted by Crippen LogP contribution is 2.24. The third-order valence-corrected chi connectivity index (χ3v) is 5.42. The monoisotopic (exact) mass is 462 g/mol. The number of aliphatic hydroxyl groups is 4. The number of aliphatic hydroxyl groups excluding tert-OH is 3. The van der Waals surface area contributed by atoms with Crippen LogP contribution in [0.5, 0.6) is 0 Å². The van der Waals surface area contributed by atoms with Crippen molar-refractivity contribution in [3.8, 4) is 0 Å². The minimum absolute atomic E-state index is 0.105. The van der Waals surface area contributed by atoms with Crippen LogP contribution in [0.1, 0.15) is 117 Å². The number of rotatable bonds is 21. The highest BCUT2D eigenvalue weighted by molar-refractivity contribution is 5.70. The minimum atomic E-state index is -2.34. The normalized spacial score (nSPS) is 15.1. The van der Waals surface area contributed by atoms with Crippen molar-refractivity contribution in [2.75, 3.05) is 6.61 Å². The van der Waals surface area contributed by atoms with Crippen molar-refractivity contribution in [1.82, 2.24) is 0 Å². The third-order valence-electron chi connectivity index (χ3n) is 5.42. The van der Waals surface area contributed by atoms with Gasteiger partial charge in [-0.05, 0) is 25.7 Å². The first-order valence-corrected chi connectivity index (χ1v) is 12.4. The first-order chi connectivity index (χ1) is 15.3. The molecule has 0 saturated heterocycles. The van der Waals surface area contributed by atoms with Gasteiger partial charge in [-0.1, -0.05) is 71.6 Å². The fraction of sp³-hybridized carbons (Fsp3) is 0.917. The number of hydrogen-bond donors (Lipinski definition) is 4. The molecular weight excluding hydrogens is 416 g/mol. The van der Waals surface area contributed by atoms with E-state index in [1.807, 2.05) is 0 Å². The standard InChI is InChI=1S/C24H46O8/c1-3-5-7-9-11-16-21(27)31-23(29)24(30,18-14-13-15-20(26)19-25)32-22(28)17-12-10-8-6-4-2/h20,23,25-26,29-30H,3-19H2,1-2H3. The molecule has 0 fully saturated rings. The lowest BCUT2D eigenvalue weighted by atomic mass is 10.0. The molecule has 8 heteroatoms. The lowest BCUT2D eigenvalue weighted by Crippen LogP contribution is -2.48. The van der Waals surface area contributed by atoms with Crippen LogP contribution in [0.4, 0.5) is 0 Å². The molecule has 8 nitrogen and oxygen atoms in total. The van der Waals surface area contributed by atoms with E-state index in [4.69, 9.17) is 14.6 Å². The summed E-state index contributed by atoms with van der Waals surface area (Å²) in [5, 5.41) is 39.5. The summed E-state index contributed by atoms with van der Waals surface area (Å²) < 4.78 is 10.2. The number of hydrogen-bond acceptors (Lipinski definition) is 8. The van der Waals surface area contributed by atoms with Gasteiger partial charge in [0, 0.05) is 19.3 Å². The molecule has 190 valence electrons. The summed E-state index contributed by atoms with van der Waals surface area (Å²) >= 11 is 0. The fourth-order valence-corrected chi connectivity index (χ4v) is 3.34. The molecule has 32 heavy (non-hydrogen) atoms. The van der Waals surface area contributed by atoms with E-state index >= 15 is 0 Å². The largest absolute Gasteiger partial charge is 0.429 e. The fourth-order valence-electron chi connectivity index (χ4n) is 3.34. The van der Waals surface area contributed by atoms with Crippen LogP contribution in [0.25, 0.3) is 0 Å². The predicted molar refractivity (Wildman–Crippen MR) is 121 cm³/mol. The summed E-state index contributed by atoms with van der Waals surface area (Å²) in [5.41, 5.74) is 0. The summed E-state index contributed by atoms with van der Waals surface area (Å²) in [6.07, 6.45) is 7.61. The summed E-state index contributed by atoms with van der Waals surface area (Å²) in [7, 11) is 0. The average molecular weight is 463 g/mol. The Morgan fingerprint density at radius 1 is 0.781 bits per heavy atom. The molecule has 0 amide bonds. The van der Waals surface area contributed by atoms with E-state index in [2.05, 4.69) is 13.8 Å². The van der Waals surface area contributed by atoms with Crippen molar-refractivity contribution in [2.24, 2.45) is 0 Å². The van der Waals surface area contributed by atoms with E-state index in [9.17, 15) is 24.9 Å². The molecule has 0 aliphatic heterocycles. The van der Waals surface area contributed by atoms with Gasteiger partial charge in [0.05, 0.1) is 12.7 Å². The van der Waals surface area contributed by atoms with Gasteiger partial charge in [0.25, 0.3) is 12.1 Å². The van der Waals surface area contributed by atoms with Gasteiger partial charge in [-0.15, -0.1) is 0 Å². The van der Waals surface area contributed by atoms with Gasteiger partial charge in [0.2, 0.25) is 0 Å². The van der Waals surface area contributed by atoms with E-state index < -0.39 is 30.1 Å². The Hall–Kier alpha value is -1.22. The average Bonchev–Trinajstić information content (AvgIpc) is 2.76. The molecule has 0 rings (SSSR count). The van der Waals surface area contributed by atoms with Crippen LogP contribution >= 0.6 is 0 Å². The summed E-state index contributed by atoms with van der Waals surface area (Å²) in [5.74, 6) is -3.66. The van der Waals surface area contributed by atoms with Crippen LogP contribution in [0.2, 0.25) is 0 Å². The molecule has 0 radical (unpaired) electrons. The summed E-state index contributed by atoms with van der Waals surface area (Å²) in [4.78, 5) is 24.3. The molecule has 0 aliphatic carbocycles. The Morgan fingerprint density at radius 2 is 1.31 bits per heavy atom. The van der Waals surface area contributed by atoms with Gasteiger partial charge in [-0.3, -0.25) is 9.59 Å². The molecule has 0 aliphatic rings. The maximum Gasteiger partial charge on any atom is 0.308 e. The first-order valence-electron chi connectivity index (χ1n) is 12.4. The molecular formula is C24H46O8. The van der Waals surface area contributed by atoms with E-state index in [0.717, 1.165) is 51.4 Å². The number of carbonyl (C=O) groups is 2. The Kier molecular flexibility index (Phi) is 18.5. The number of carbonyl (C=O) groups excluding carboxylic acids is 2. The Balaban J connectivity index is 4.72. The minimum Gasteiger partial charge on any atom is -0.429 e. The second kappa shape index (κ2) is 19.3. The second-order valence-electron chi connectivity index (χ2n) is 8.57. The van der Waals surface area contributed by atoms with E-state index in [1.54, 1.807) is 0 Å². The van der Waals surface area contributed by atoms with Gasteiger partial charge in [-0.25, -0.2) is 0 Å². The van der Waals surface area contributed by atoms with Crippen LogP contribution in [-0.4, -0.2) is 57.2 Å². The summed E-state index contributed by atoms with van der Waals surface area (Å²) in [6, 6.07) is 0. The highest BCUT2D eigenvalue weighted by Gasteiger charge is 2.42. The van der Waals surface area contributed by atoms with Crippen LogP contribution < -0.4 is 0 Å². The molecule has 0 aromatic heterocycles. The van der Waals surface area contributed by atoms with E-state index in [0.29, 0.717) is 32.1 Å². The topological polar surface area (TPSA) is 134 Å². The van der Waals surface area contributed by atoms with Gasteiger partial charge in [0.15, 0.2) is 0 Å². The molecule has 0 heterocycles. The van der Waals surface area contributed by atoms with Crippen molar-refractivity contribution >= 4 is 11.9 Å². The second-order valence-corrected chi connectivity index (χ2v) is 8.57. The number of unbranched alkanes of at least 4 members (excludes halogenated alkanes) is 9. The van der Waals surface area contributed by atoms with E-state index in [-0.39, 0.29) is 25.9 Å². The molecule has 4 N–H and O–H groups in total. The highest BCUT2D eigenvalue weighted by atomic mass is 16.7. The molecule has 0 aromatic rings. The molecule has 0 spiro atoms. The molecule has 0 aromatic carbocycles. The Morgan fingerprint density at radius 3 is 1.84 bits per heavy atom. The van der Waals surface area contributed by atoms with Crippen molar-refractivity contribution in [3.05, 3.63) is 0 Å². The van der Waals surface area contributed by atoms with Crippen molar-refractivity contribution in [3.63, 3.8) is 0 Å². The smallest absolute Gasteiger partial charge is 0.308 e. The van der Waals surface area contributed by atoms with Gasteiger partial charge in [-0.2, -0.15) is 0 Å². The first kappa shape index (κ1) is 30.8. The van der Waals surface area contributed by atoms with E-state index in [1.165, 1.54) is 0 Å². The van der Waals surface area contributed by atoms with Gasteiger partial charge in [0.1, 0.15) is 0 Å². The third kappa shape index (κ3) is 15.6. The maximum absolute atomic E-state index is 12.2. The predicted octanol–water partition coefficient (Wildman–Crippen LogP) is 3.71. The Labute approximate surface area is 193 Å². The molecule has 3 atom stereocenters. The number of esters is 2. The zero-order valence-electron chi connectivity index (χ0n) is 20.1. The summed E-state index contributed by atoms with van der Waals surface area (Å²) in [6.45, 7) is 3.83. The maximum atomic E-state index is 12.2. The SMILES string of the molecule is CCCCCCCC(=O)OC(O)C(O)(CCCCC(O)CO)OC(=O)CCCCCCC. The number of ether oxygens (including phenoxy) is 2. The van der Waals surface area contributed by atoms with Crippen LogP contribution in [0.3, 0.4) is 0 Å². The lowest BCUT2D eigenvalue weighted by Gasteiger charge is -2.31.